The molecule has 1 aliphatic rings. The van der Waals surface area contributed by atoms with E-state index in [4.69, 9.17) is 4.74 Å². The molecular weight excluding hydrogens is 202 g/mol. The highest BCUT2D eigenvalue weighted by atomic mass is 16.6. The van der Waals surface area contributed by atoms with Crippen molar-refractivity contribution in [3.05, 3.63) is 24.0 Å². The number of carbonyl (C=O) groups excluding carboxylic acids is 1. The van der Waals surface area contributed by atoms with E-state index in [0.717, 1.165) is 25.0 Å². The fourth-order valence-electron chi connectivity index (χ4n) is 2.19. The standard InChI is InChI=1S/C13H19NO2/c1-2-3-4-5-8-12-10-11-7-6-9-14(11)13(15)16-12/h6-7,9,12H,2-5,8,10H2,1H3. The number of rotatable bonds is 5. The van der Waals surface area contributed by atoms with Crippen LogP contribution in [0.15, 0.2) is 18.3 Å². The SMILES string of the molecule is CCCCCCC1Cc2cccn2C(=O)O1. The van der Waals surface area contributed by atoms with Crippen LogP contribution in [0.1, 0.15) is 44.7 Å². The molecule has 0 fully saturated rings. The molecule has 1 aromatic heterocycles. The maximum absolute atomic E-state index is 11.6. The summed E-state index contributed by atoms with van der Waals surface area (Å²) < 4.78 is 6.98. The van der Waals surface area contributed by atoms with Crippen LogP contribution in [0, 0.1) is 0 Å². The summed E-state index contributed by atoms with van der Waals surface area (Å²) in [7, 11) is 0. The number of hydrogen-bond acceptors (Lipinski definition) is 2. The predicted molar refractivity (Wildman–Crippen MR) is 62.6 cm³/mol. The van der Waals surface area contributed by atoms with Crippen LogP contribution in [0.25, 0.3) is 0 Å². The molecule has 2 heterocycles. The summed E-state index contributed by atoms with van der Waals surface area (Å²) in [6.07, 6.45) is 8.42. The average molecular weight is 221 g/mol. The number of unbranched alkanes of at least 4 members (excludes halogenated alkanes) is 3. The molecule has 0 amide bonds. The first-order chi connectivity index (χ1) is 7.81. The van der Waals surface area contributed by atoms with Gasteiger partial charge in [0.25, 0.3) is 0 Å². The van der Waals surface area contributed by atoms with Gasteiger partial charge in [0.1, 0.15) is 6.10 Å². The fraction of sp³-hybridized carbons (Fsp3) is 0.615. The van der Waals surface area contributed by atoms with Crippen LogP contribution in [0.2, 0.25) is 0 Å². The predicted octanol–water partition coefficient (Wildman–Crippen LogP) is 3.37. The van der Waals surface area contributed by atoms with Gasteiger partial charge in [-0.15, -0.1) is 0 Å². The Hall–Kier alpha value is -1.25. The second kappa shape index (κ2) is 5.19. The Kier molecular flexibility index (Phi) is 3.65. The minimum Gasteiger partial charge on any atom is -0.445 e. The summed E-state index contributed by atoms with van der Waals surface area (Å²) >= 11 is 0. The Morgan fingerprint density at radius 1 is 1.44 bits per heavy atom. The molecule has 88 valence electrons. The van der Waals surface area contributed by atoms with Gasteiger partial charge >= 0.3 is 6.09 Å². The van der Waals surface area contributed by atoms with Crippen LogP contribution in [0.5, 0.6) is 0 Å². The van der Waals surface area contributed by atoms with Gasteiger partial charge in [0.05, 0.1) is 0 Å². The van der Waals surface area contributed by atoms with Crippen molar-refractivity contribution >= 4 is 6.09 Å². The molecule has 0 saturated carbocycles. The molecule has 0 saturated heterocycles. The second-order valence-electron chi connectivity index (χ2n) is 4.43. The smallest absolute Gasteiger partial charge is 0.418 e. The van der Waals surface area contributed by atoms with Crippen molar-refractivity contribution in [1.29, 1.82) is 0 Å². The molecule has 0 N–H and O–H groups in total. The highest BCUT2D eigenvalue weighted by Crippen LogP contribution is 2.19. The first kappa shape index (κ1) is 11.2. The maximum Gasteiger partial charge on any atom is 0.418 e. The first-order valence-electron chi connectivity index (χ1n) is 6.18. The largest absolute Gasteiger partial charge is 0.445 e. The van der Waals surface area contributed by atoms with Gasteiger partial charge in [-0.3, -0.25) is 4.57 Å². The molecule has 3 heteroatoms. The van der Waals surface area contributed by atoms with Gasteiger partial charge in [-0.2, -0.15) is 0 Å². The Morgan fingerprint density at radius 2 is 2.31 bits per heavy atom. The Bertz CT molecular complexity index is 357. The molecule has 0 aromatic carbocycles. The van der Waals surface area contributed by atoms with E-state index in [2.05, 4.69) is 6.92 Å². The van der Waals surface area contributed by atoms with E-state index in [1.165, 1.54) is 19.3 Å². The molecule has 1 unspecified atom stereocenters. The Morgan fingerprint density at radius 3 is 3.12 bits per heavy atom. The van der Waals surface area contributed by atoms with Gasteiger partial charge in [-0.25, -0.2) is 4.79 Å². The minimum absolute atomic E-state index is 0.0896. The van der Waals surface area contributed by atoms with E-state index < -0.39 is 0 Å². The summed E-state index contributed by atoms with van der Waals surface area (Å²) in [5.74, 6) is 0. The number of aromatic nitrogens is 1. The molecule has 2 rings (SSSR count). The van der Waals surface area contributed by atoms with Gasteiger partial charge in [-0.1, -0.05) is 26.2 Å². The van der Waals surface area contributed by atoms with Crippen molar-refractivity contribution in [3.63, 3.8) is 0 Å². The molecule has 1 atom stereocenters. The molecule has 3 nitrogen and oxygen atoms in total. The molecular formula is C13H19NO2. The molecule has 16 heavy (non-hydrogen) atoms. The summed E-state index contributed by atoms with van der Waals surface area (Å²) in [6, 6.07) is 3.90. The molecule has 0 aliphatic carbocycles. The number of carbonyl (C=O) groups is 1. The van der Waals surface area contributed by atoms with Crippen molar-refractivity contribution in [2.75, 3.05) is 0 Å². The lowest BCUT2D eigenvalue weighted by Gasteiger charge is -2.23. The number of hydrogen-bond donors (Lipinski definition) is 0. The number of nitrogens with zero attached hydrogens (tertiary/aromatic N) is 1. The normalized spacial score (nSPS) is 19.3. The Labute approximate surface area is 96.4 Å². The van der Waals surface area contributed by atoms with Crippen molar-refractivity contribution in [2.24, 2.45) is 0 Å². The molecule has 0 bridgehead atoms. The third-order valence-corrected chi connectivity index (χ3v) is 3.11. The molecule has 0 spiro atoms. The average Bonchev–Trinajstić information content (AvgIpc) is 2.73. The summed E-state index contributed by atoms with van der Waals surface area (Å²) in [5, 5.41) is 0. The van der Waals surface area contributed by atoms with Crippen molar-refractivity contribution in [1.82, 2.24) is 4.57 Å². The second-order valence-corrected chi connectivity index (χ2v) is 4.43. The van der Waals surface area contributed by atoms with Crippen molar-refractivity contribution in [3.8, 4) is 0 Å². The number of fused-ring (bicyclic) bond motifs is 1. The van der Waals surface area contributed by atoms with E-state index in [1.54, 1.807) is 10.8 Å². The third-order valence-electron chi connectivity index (χ3n) is 3.11. The van der Waals surface area contributed by atoms with Gasteiger partial charge in [0.2, 0.25) is 0 Å². The van der Waals surface area contributed by atoms with E-state index in [9.17, 15) is 4.79 Å². The zero-order valence-corrected chi connectivity index (χ0v) is 9.82. The minimum atomic E-state index is -0.216. The zero-order chi connectivity index (χ0) is 11.4. The fourth-order valence-corrected chi connectivity index (χ4v) is 2.19. The first-order valence-corrected chi connectivity index (χ1v) is 6.18. The monoisotopic (exact) mass is 221 g/mol. The highest BCUT2D eigenvalue weighted by Gasteiger charge is 2.24. The third kappa shape index (κ3) is 2.46. The number of cyclic esters (lactones) is 1. The van der Waals surface area contributed by atoms with Crippen LogP contribution in [0.3, 0.4) is 0 Å². The van der Waals surface area contributed by atoms with Gasteiger partial charge < -0.3 is 4.74 Å². The lowest BCUT2D eigenvalue weighted by atomic mass is 10.0. The number of ether oxygens (including phenoxy) is 1. The van der Waals surface area contributed by atoms with Gasteiger partial charge in [0.15, 0.2) is 0 Å². The van der Waals surface area contributed by atoms with Gasteiger partial charge in [0, 0.05) is 18.3 Å². The lowest BCUT2D eigenvalue weighted by Crippen LogP contribution is -2.31. The van der Waals surface area contributed by atoms with Crippen molar-refractivity contribution < 1.29 is 9.53 Å². The summed E-state index contributed by atoms with van der Waals surface area (Å²) in [5.41, 5.74) is 1.08. The topological polar surface area (TPSA) is 31.2 Å². The molecule has 1 aromatic rings. The quantitative estimate of drug-likeness (QED) is 0.714. The summed E-state index contributed by atoms with van der Waals surface area (Å²) in [4.78, 5) is 11.6. The van der Waals surface area contributed by atoms with E-state index >= 15 is 0 Å². The van der Waals surface area contributed by atoms with Crippen LogP contribution in [0.4, 0.5) is 4.79 Å². The zero-order valence-electron chi connectivity index (χ0n) is 9.82. The van der Waals surface area contributed by atoms with Crippen molar-refractivity contribution in [2.45, 2.75) is 51.6 Å². The van der Waals surface area contributed by atoms with Crippen LogP contribution in [-0.2, 0) is 11.2 Å². The van der Waals surface area contributed by atoms with Crippen LogP contribution < -0.4 is 0 Å². The van der Waals surface area contributed by atoms with E-state index in [-0.39, 0.29) is 12.2 Å². The van der Waals surface area contributed by atoms with Crippen LogP contribution in [-0.4, -0.2) is 16.8 Å². The molecule has 0 radical (unpaired) electrons. The summed E-state index contributed by atoms with van der Waals surface area (Å²) in [6.45, 7) is 2.20. The lowest BCUT2D eigenvalue weighted by molar-refractivity contribution is 0.0786. The van der Waals surface area contributed by atoms with Crippen LogP contribution >= 0.6 is 0 Å². The highest BCUT2D eigenvalue weighted by molar-refractivity contribution is 5.72. The van der Waals surface area contributed by atoms with Gasteiger partial charge in [-0.05, 0) is 25.0 Å². The van der Waals surface area contributed by atoms with E-state index in [1.807, 2.05) is 12.1 Å². The maximum atomic E-state index is 11.6. The molecule has 1 aliphatic heterocycles. The van der Waals surface area contributed by atoms with E-state index in [0.29, 0.717) is 0 Å². The Balaban J connectivity index is 1.84.